The highest BCUT2D eigenvalue weighted by atomic mass is 16.5. The van der Waals surface area contributed by atoms with Gasteiger partial charge in [0.2, 0.25) is 0 Å². The molecule has 1 N–H and O–H groups in total. The smallest absolute Gasteiger partial charge is 0.338 e. The van der Waals surface area contributed by atoms with Crippen molar-refractivity contribution < 1.29 is 19.1 Å². The quantitative estimate of drug-likeness (QED) is 0.458. The van der Waals surface area contributed by atoms with E-state index in [1.807, 2.05) is 30.3 Å². The maximum absolute atomic E-state index is 13.0. The summed E-state index contributed by atoms with van der Waals surface area (Å²) in [5.74, 6) is -1.05. The van der Waals surface area contributed by atoms with E-state index in [4.69, 9.17) is 4.74 Å². The highest BCUT2D eigenvalue weighted by Gasteiger charge is 2.14. The van der Waals surface area contributed by atoms with E-state index < -0.39 is 23.2 Å². The Morgan fingerprint density at radius 3 is 2.24 bits per heavy atom. The first-order chi connectivity index (χ1) is 16.0. The lowest BCUT2D eigenvalue weighted by Crippen LogP contribution is -2.35. The molecule has 0 saturated heterocycles. The van der Waals surface area contributed by atoms with Gasteiger partial charge in [0.25, 0.3) is 5.56 Å². The van der Waals surface area contributed by atoms with Gasteiger partial charge in [-0.25, -0.2) is 14.4 Å². The SMILES string of the molecule is COC(=O)c1ccc(Cn2c(=O)[nH]c3ccc(C(=O)OCc4ccccc4)cc3c2=O)cc1. The van der Waals surface area contributed by atoms with E-state index in [0.717, 1.165) is 10.1 Å². The van der Waals surface area contributed by atoms with Gasteiger partial charge < -0.3 is 14.5 Å². The summed E-state index contributed by atoms with van der Waals surface area (Å²) in [6.45, 7) is 0.101. The van der Waals surface area contributed by atoms with E-state index in [9.17, 15) is 19.2 Å². The molecule has 0 unspecified atom stereocenters. The molecule has 4 rings (SSSR count). The van der Waals surface area contributed by atoms with Crippen molar-refractivity contribution in [3.63, 3.8) is 0 Å². The zero-order chi connectivity index (χ0) is 23.4. The van der Waals surface area contributed by atoms with Gasteiger partial charge in [-0.05, 0) is 41.5 Å². The molecule has 0 aliphatic heterocycles. The third-order valence-corrected chi connectivity index (χ3v) is 5.15. The molecule has 0 bridgehead atoms. The summed E-state index contributed by atoms with van der Waals surface area (Å²) in [6.07, 6.45) is 0. The van der Waals surface area contributed by atoms with E-state index >= 15 is 0 Å². The van der Waals surface area contributed by atoms with Crippen LogP contribution in [0.3, 0.4) is 0 Å². The van der Waals surface area contributed by atoms with Gasteiger partial charge in [0.1, 0.15) is 6.61 Å². The summed E-state index contributed by atoms with van der Waals surface area (Å²) in [5.41, 5.74) is 1.26. The number of ether oxygens (including phenoxy) is 2. The van der Waals surface area contributed by atoms with Gasteiger partial charge in [-0.3, -0.25) is 9.36 Å². The van der Waals surface area contributed by atoms with E-state index in [1.165, 1.54) is 25.3 Å². The predicted octanol–water partition coefficient (Wildman–Crippen LogP) is 2.88. The molecule has 0 spiro atoms. The molecule has 0 aliphatic rings. The van der Waals surface area contributed by atoms with Crippen molar-refractivity contribution in [2.45, 2.75) is 13.2 Å². The van der Waals surface area contributed by atoms with Crippen LogP contribution in [0.5, 0.6) is 0 Å². The first kappa shape index (κ1) is 21.8. The van der Waals surface area contributed by atoms with Crippen molar-refractivity contribution >= 4 is 22.8 Å². The minimum absolute atomic E-state index is 0.00571. The minimum atomic E-state index is -0.580. The van der Waals surface area contributed by atoms with Gasteiger partial charge in [-0.15, -0.1) is 0 Å². The maximum atomic E-state index is 13.0. The molecule has 0 saturated carbocycles. The van der Waals surface area contributed by atoms with Crippen LogP contribution in [-0.2, 0) is 22.6 Å². The number of aromatic amines is 1. The summed E-state index contributed by atoms with van der Waals surface area (Å²) in [6, 6.07) is 20.1. The fraction of sp³-hybridized carbons (Fsp3) is 0.120. The van der Waals surface area contributed by atoms with Gasteiger partial charge in [0.05, 0.1) is 35.7 Å². The zero-order valence-electron chi connectivity index (χ0n) is 17.7. The number of carbonyl (C=O) groups excluding carboxylic acids is 2. The number of fused-ring (bicyclic) bond motifs is 1. The van der Waals surface area contributed by atoms with Crippen LogP contribution in [0.1, 0.15) is 31.8 Å². The number of nitrogens with zero attached hydrogens (tertiary/aromatic N) is 1. The minimum Gasteiger partial charge on any atom is -0.465 e. The number of esters is 2. The Bertz CT molecular complexity index is 1440. The third kappa shape index (κ3) is 4.74. The monoisotopic (exact) mass is 444 g/mol. The topological polar surface area (TPSA) is 107 Å². The van der Waals surface area contributed by atoms with Crippen LogP contribution >= 0.6 is 0 Å². The lowest BCUT2D eigenvalue weighted by Gasteiger charge is -2.09. The molecule has 0 radical (unpaired) electrons. The molecule has 33 heavy (non-hydrogen) atoms. The summed E-state index contributed by atoms with van der Waals surface area (Å²) in [7, 11) is 1.29. The number of hydrogen-bond donors (Lipinski definition) is 1. The molecule has 8 heteroatoms. The second kappa shape index (κ2) is 9.35. The van der Waals surface area contributed by atoms with Crippen LogP contribution in [-0.4, -0.2) is 28.6 Å². The number of methoxy groups -OCH3 is 1. The van der Waals surface area contributed by atoms with Crippen LogP contribution < -0.4 is 11.2 Å². The molecule has 1 heterocycles. The van der Waals surface area contributed by atoms with Gasteiger partial charge in [-0.1, -0.05) is 42.5 Å². The summed E-state index contributed by atoms with van der Waals surface area (Å²) >= 11 is 0. The van der Waals surface area contributed by atoms with Gasteiger partial charge in [0.15, 0.2) is 0 Å². The first-order valence-corrected chi connectivity index (χ1v) is 10.1. The van der Waals surface area contributed by atoms with E-state index in [2.05, 4.69) is 9.72 Å². The Kier molecular flexibility index (Phi) is 6.17. The number of H-pyrrole nitrogens is 1. The second-order valence-corrected chi connectivity index (χ2v) is 7.33. The highest BCUT2D eigenvalue weighted by molar-refractivity contribution is 5.94. The Labute approximate surface area is 188 Å². The fourth-order valence-corrected chi connectivity index (χ4v) is 3.37. The van der Waals surface area contributed by atoms with Gasteiger partial charge >= 0.3 is 17.6 Å². The molecule has 0 atom stereocenters. The van der Waals surface area contributed by atoms with Crippen LogP contribution in [0, 0.1) is 0 Å². The molecule has 4 aromatic rings. The summed E-state index contributed by atoms with van der Waals surface area (Å²) in [5, 5.41) is 0.190. The Morgan fingerprint density at radius 2 is 1.55 bits per heavy atom. The summed E-state index contributed by atoms with van der Waals surface area (Å²) in [4.78, 5) is 52.3. The molecule has 3 aromatic carbocycles. The highest BCUT2D eigenvalue weighted by Crippen LogP contribution is 2.13. The lowest BCUT2D eigenvalue weighted by molar-refractivity contribution is 0.0472. The Morgan fingerprint density at radius 1 is 0.848 bits per heavy atom. The molecular formula is C25H20N2O6. The van der Waals surface area contributed by atoms with E-state index in [0.29, 0.717) is 16.6 Å². The summed E-state index contributed by atoms with van der Waals surface area (Å²) < 4.78 is 11.0. The van der Waals surface area contributed by atoms with Gasteiger partial charge in [-0.2, -0.15) is 0 Å². The van der Waals surface area contributed by atoms with Crippen molar-refractivity contribution in [1.29, 1.82) is 0 Å². The van der Waals surface area contributed by atoms with Gasteiger partial charge in [0, 0.05) is 0 Å². The molecule has 0 amide bonds. The van der Waals surface area contributed by atoms with Crippen LogP contribution in [0.25, 0.3) is 10.9 Å². The molecule has 1 aromatic heterocycles. The largest absolute Gasteiger partial charge is 0.465 e. The molecule has 8 nitrogen and oxygen atoms in total. The molecule has 0 fully saturated rings. The predicted molar refractivity (Wildman–Crippen MR) is 121 cm³/mol. The van der Waals surface area contributed by atoms with Crippen molar-refractivity contribution in [2.75, 3.05) is 7.11 Å². The number of rotatable bonds is 6. The second-order valence-electron chi connectivity index (χ2n) is 7.33. The van der Waals surface area contributed by atoms with Crippen LogP contribution in [0.15, 0.2) is 82.4 Å². The van der Waals surface area contributed by atoms with Crippen molar-refractivity contribution in [2.24, 2.45) is 0 Å². The normalized spacial score (nSPS) is 10.7. The number of nitrogens with one attached hydrogen (secondary N) is 1. The number of carbonyl (C=O) groups is 2. The fourth-order valence-electron chi connectivity index (χ4n) is 3.37. The Hall–Kier alpha value is -4.46. The van der Waals surface area contributed by atoms with Crippen molar-refractivity contribution in [3.8, 4) is 0 Å². The van der Waals surface area contributed by atoms with Crippen molar-refractivity contribution in [1.82, 2.24) is 9.55 Å². The first-order valence-electron chi connectivity index (χ1n) is 10.1. The average molecular weight is 444 g/mol. The maximum Gasteiger partial charge on any atom is 0.338 e. The van der Waals surface area contributed by atoms with Crippen LogP contribution in [0.2, 0.25) is 0 Å². The van der Waals surface area contributed by atoms with E-state index in [1.54, 1.807) is 24.3 Å². The molecular weight excluding hydrogens is 424 g/mol. The van der Waals surface area contributed by atoms with Crippen molar-refractivity contribution in [3.05, 3.63) is 116 Å². The number of hydrogen-bond acceptors (Lipinski definition) is 6. The zero-order valence-corrected chi connectivity index (χ0v) is 17.7. The molecule has 166 valence electrons. The van der Waals surface area contributed by atoms with E-state index in [-0.39, 0.29) is 24.1 Å². The van der Waals surface area contributed by atoms with Crippen LogP contribution in [0.4, 0.5) is 0 Å². The lowest BCUT2D eigenvalue weighted by atomic mass is 10.1. The standard InChI is InChI=1S/C25H20N2O6/c1-32-23(29)18-9-7-16(8-10-18)14-27-22(28)20-13-19(11-12-21(20)26-25(27)31)24(30)33-15-17-5-3-2-4-6-17/h2-13H,14-15H2,1H3,(H,26,31). The number of benzene rings is 3. The molecule has 0 aliphatic carbocycles. The average Bonchev–Trinajstić information content (AvgIpc) is 2.85. The Balaban J connectivity index is 1.61. The number of aromatic nitrogens is 2. The third-order valence-electron chi connectivity index (χ3n) is 5.15.